The summed E-state index contributed by atoms with van der Waals surface area (Å²) in [6.07, 6.45) is 2.84. The number of hydrogen-bond acceptors (Lipinski definition) is 5. The summed E-state index contributed by atoms with van der Waals surface area (Å²) in [5.41, 5.74) is 1.17. The van der Waals surface area contributed by atoms with Gasteiger partial charge in [0.1, 0.15) is 17.2 Å². The second-order valence-corrected chi connectivity index (χ2v) is 5.77. The fourth-order valence-electron chi connectivity index (χ4n) is 2.71. The molecule has 1 heterocycles. The molecule has 3 aromatic rings. The zero-order valence-corrected chi connectivity index (χ0v) is 15.2. The molecule has 2 aromatic carbocycles. The van der Waals surface area contributed by atoms with Gasteiger partial charge in [-0.1, -0.05) is 0 Å². The van der Waals surface area contributed by atoms with Crippen molar-refractivity contribution in [2.45, 2.75) is 0 Å². The van der Waals surface area contributed by atoms with E-state index in [1.54, 1.807) is 43.5 Å². The molecular formula is C21H19NO5. The first-order valence-electron chi connectivity index (χ1n) is 8.21. The van der Waals surface area contributed by atoms with Crippen molar-refractivity contribution in [1.82, 2.24) is 4.98 Å². The van der Waals surface area contributed by atoms with E-state index in [-0.39, 0.29) is 11.3 Å². The quantitative estimate of drug-likeness (QED) is 0.535. The molecule has 0 fully saturated rings. The lowest BCUT2D eigenvalue weighted by molar-refractivity contribution is 0.104. The Balaban J connectivity index is 1.94. The number of allylic oxidation sites excluding steroid dienone is 1. The van der Waals surface area contributed by atoms with Crippen LogP contribution in [0.1, 0.15) is 15.9 Å². The van der Waals surface area contributed by atoms with Crippen LogP contribution in [0.3, 0.4) is 0 Å². The van der Waals surface area contributed by atoms with Crippen molar-refractivity contribution in [3.63, 3.8) is 0 Å². The Morgan fingerprint density at radius 2 is 1.63 bits per heavy atom. The van der Waals surface area contributed by atoms with Crippen LogP contribution in [-0.4, -0.2) is 32.1 Å². The molecule has 27 heavy (non-hydrogen) atoms. The number of nitrogens with one attached hydrogen (secondary N) is 1. The highest BCUT2D eigenvalue weighted by atomic mass is 16.5. The van der Waals surface area contributed by atoms with E-state index >= 15 is 0 Å². The molecule has 0 unspecified atom stereocenters. The van der Waals surface area contributed by atoms with Gasteiger partial charge in [-0.2, -0.15) is 0 Å². The van der Waals surface area contributed by atoms with Gasteiger partial charge in [-0.05, 0) is 48.6 Å². The van der Waals surface area contributed by atoms with E-state index in [1.807, 2.05) is 6.07 Å². The van der Waals surface area contributed by atoms with E-state index in [0.29, 0.717) is 33.9 Å². The number of carbonyl (C=O) groups is 1. The molecule has 0 saturated carbocycles. The summed E-state index contributed by atoms with van der Waals surface area (Å²) < 4.78 is 15.6. The fraction of sp³-hybridized carbons (Fsp3) is 0.143. The number of fused-ring (bicyclic) bond motifs is 1. The molecule has 0 radical (unpaired) electrons. The summed E-state index contributed by atoms with van der Waals surface area (Å²) >= 11 is 0. The van der Waals surface area contributed by atoms with Crippen LogP contribution in [0.5, 0.6) is 17.2 Å². The van der Waals surface area contributed by atoms with Crippen LogP contribution >= 0.6 is 0 Å². The number of ether oxygens (including phenoxy) is 3. The molecule has 0 aliphatic rings. The van der Waals surface area contributed by atoms with Crippen LogP contribution in [0.25, 0.3) is 17.0 Å². The Bertz CT molecular complexity index is 1080. The lowest BCUT2D eigenvalue weighted by atomic mass is 10.1. The SMILES string of the molecule is COc1ccc(C(=O)/C=C/c2cc3cc(OC)ccc3[nH]c2=O)c(OC)c1. The zero-order chi connectivity index (χ0) is 19.4. The smallest absolute Gasteiger partial charge is 0.255 e. The third kappa shape index (κ3) is 3.84. The van der Waals surface area contributed by atoms with Crippen LogP contribution in [-0.2, 0) is 0 Å². The zero-order valence-electron chi connectivity index (χ0n) is 15.2. The first-order valence-corrected chi connectivity index (χ1v) is 8.21. The van der Waals surface area contributed by atoms with Crippen LogP contribution in [0, 0.1) is 0 Å². The molecule has 0 aliphatic heterocycles. The molecular weight excluding hydrogens is 346 g/mol. The lowest BCUT2D eigenvalue weighted by Gasteiger charge is -2.08. The Kier molecular flexibility index (Phi) is 5.26. The first kappa shape index (κ1) is 18.3. The van der Waals surface area contributed by atoms with Gasteiger partial charge in [0, 0.05) is 22.5 Å². The van der Waals surface area contributed by atoms with Gasteiger partial charge >= 0.3 is 0 Å². The minimum Gasteiger partial charge on any atom is -0.497 e. The number of aromatic nitrogens is 1. The predicted molar refractivity (Wildman–Crippen MR) is 104 cm³/mol. The van der Waals surface area contributed by atoms with Gasteiger partial charge in [0.2, 0.25) is 0 Å². The van der Waals surface area contributed by atoms with E-state index in [4.69, 9.17) is 14.2 Å². The highest BCUT2D eigenvalue weighted by Gasteiger charge is 2.11. The highest BCUT2D eigenvalue weighted by Crippen LogP contribution is 2.25. The fourth-order valence-corrected chi connectivity index (χ4v) is 2.71. The van der Waals surface area contributed by atoms with Gasteiger partial charge < -0.3 is 19.2 Å². The van der Waals surface area contributed by atoms with Gasteiger partial charge in [-0.25, -0.2) is 0 Å². The molecule has 138 valence electrons. The van der Waals surface area contributed by atoms with Gasteiger partial charge in [0.15, 0.2) is 5.78 Å². The molecule has 1 aromatic heterocycles. The average Bonchev–Trinajstić information content (AvgIpc) is 2.71. The van der Waals surface area contributed by atoms with Crippen molar-refractivity contribution in [1.29, 1.82) is 0 Å². The summed E-state index contributed by atoms with van der Waals surface area (Å²) in [5, 5.41) is 0.808. The topological polar surface area (TPSA) is 77.6 Å². The molecule has 0 aliphatic carbocycles. The Labute approximate surface area is 156 Å². The third-order valence-electron chi connectivity index (χ3n) is 4.17. The Morgan fingerprint density at radius 1 is 0.926 bits per heavy atom. The molecule has 6 heteroatoms. The average molecular weight is 365 g/mol. The summed E-state index contributed by atoms with van der Waals surface area (Å²) in [6.45, 7) is 0. The number of carbonyl (C=O) groups excluding carboxylic acids is 1. The largest absolute Gasteiger partial charge is 0.497 e. The number of aromatic amines is 1. The van der Waals surface area contributed by atoms with Crippen molar-refractivity contribution in [3.8, 4) is 17.2 Å². The number of pyridine rings is 1. The molecule has 0 atom stereocenters. The maximum Gasteiger partial charge on any atom is 0.255 e. The molecule has 0 saturated heterocycles. The number of methoxy groups -OCH3 is 3. The lowest BCUT2D eigenvalue weighted by Crippen LogP contribution is -2.09. The van der Waals surface area contributed by atoms with Gasteiger partial charge in [-0.3, -0.25) is 9.59 Å². The third-order valence-corrected chi connectivity index (χ3v) is 4.17. The van der Waals surface area contributed by atoms with Crippen molar-refractivity contribution < 1.29 is 19.0 Å². The van der Waals surface area contributed by atoms with E-state index < -0.39 is 0 Å². The molecule has 3 rings (SSSR count). The van der Waals surface area contributed by atoms with Crippen LogP contribution in [0.4, 0.5) is 0 Å². The minimum absolute atomic E-state index is 0.278. The predicted octanol–water partition coefficient (Wildman–Crippen LogP) is 3.45. The van der Waals surface area contributed by atoms with E-state index in [2.05, 4.69) is 4.98 Å². The number of benzene rings is 2. The van der Waals surface area contributed by atoms with Crippen molar-refractivity contribution in [2.24, 2.45) is 0 Å². The Hall–Kier alpha value is -3.54. The van der Waals surface area contributed by atoms with E-state index in [1.165, 1.54) is 26.4 Å². The maximum atomic E-state index is 12.5. The first-order chi connectivity index (χ1) is 13.0. The van der Waals surface area contributed by atoms with Crippen molar-refractivity contribution in [2.75, 3.05) is 21.3 Å². The number of H-pyrrole nitrogens is 1. The molecule has 0 amide bonds. The van der Waals surface area contributed by atoms with Crippen LogP contribution < -0.4 is 19.8 Å². The van der Waals surface area contributed by atoms with Gasteiger partial charge in [-0.15, -0.1) is 0 Å². The van der Waals surface area contributed by atoms with E-state index in [9.17, 15) is 9.59 Å². The second kappa shape index (κ2) is 7.78. The van der Waals surface area contributed by atoms with Crippen molar-refractivity contribution >= 4 is 22.8 Å². The number of rotatable bonds is 6. The van der Waals surface area contributed by atoms with Gasteiger partial charge in [0.25, 0.3) is 5.56 Å². The molecule has 1 N–H and O–H groups in total. The molecule has 6 nitrogen and oxygen atoms in total. The highest BCUT2D eigenvalue weighted by molar-refractivity contribution is 6.08. The van der Waals surface area contributed by atoms with Crippen LogP contribution in [0.15, 0.2) is 53.3 Å². The van der Waals surface area contributed by atoms with Crippen LogP contribution in [0.2, 0.25) is 0 Å². The molecule has 0 spiro atoms. The second-order valence-electron chi connectivity index (χ2n) is 5.77. The standard InChI is InChI=1S/C21H19NO5/c1-25-15-6-8-18-14(11-15)10-13(21(24)22-18)4-9-19(23)17-7-5-16(26-2)12-20(17)27-3/h4-12H,1-3H3,(H,22,24)/b9-4+. The number of ketones is 1. The summed E-state index contributed by atoms with van der Waals surface area (Å²) in [5.74, 6) is 1.40. The molecule has 0 bridgehead atoms. The summed E-state index contributed by atoms with van der Waals surface area (Å²) in [7, 11) is 4.60. The maximum absolute atomic E-state index is 12.5. The number of hydrogen-bond donors (Lipinski definition) is 1. The monoisotopic (exact) mass is 365 g/mol. The Morgan fingerprint density at radius 3 is 2.33 bits per heavy atom. The normalized spacial score (nSPS) is 10.9. The van der Waals surface area contributed by atoms with E-state index in [0.717, 1.165) is 5.39 Å². The minimum atomic E-state index is -0.279. The van der Waals surface area contributed by atoms with Crippen molar-refractivity contribution in [3.05, 3.63) is 70.0 Å². The summed E-state index contributed by atoms with van der Waals surface area (Å²) in [4.78, 5) is 27.6. The summed E-state index contributed by atoms with van der Waals surface area (Å²) in [6, 6.07) is 12.0. The van der Waals surface area contributed by atoms with Gasteiger partial charge in [0.05, 0.1) is 26.9 Å².